The molecule has 0 aliphatic carbocycles. The summed E-state index contributed by atoms with van der Waals surface area (Å²) in [7, 11) is 0. The van der Waals surface area contributed by atoms with Gasteiger partial charge in [-0.15, -0.1) is 0 Å². The number of fused-ring (bicyclic) bond motifs is 1. The molecule has 3 aromatic rings. The summed E-state index contributed by atoms with van der Waals surface area (Å²) in [4.78, 5) is 26.1. The molecule has 0 unspecified atom stereocenters. The molecule has 2 aromatic carbocycles. The third-order valence-corrected chi connectivity index (χ3v) is 4.93. The molecule has 0 spiro atoms. The molecule has 0 saturated heterocycles. The Balaban J connectivity index is 1.84. The molecule has 1 aliphatic heterocycles. The molecular weight excluding hydrogens is 380 g/mol. The fourth-order valence-corrected chi connectivity index (χ4v) is 3.42. The standard InChI is InChI=1S/C21H13ClN2O4/c22-12-7-5-11(6-8-12)18(25)17-14(9-23)21(24)28-20(17)15-10-27-16-4-2-1-3-13(16)19(15)26/h1-8,10,17,20H,24H2/t17-,20+/m0/s1. The molecule has 2 atom stereocenters. The van der Waals surface area contributed by atoms with Crippen LogP contribution >= 0.6 is 11.6 Å². The van der Waals surface area contributed by atoms with Gasteiger partial charge in [0.1, 0.15) is 35.5 Å². The lowest BCUT2D eigenvalue weighted by Crippen LogP contribution is -2.25. The summed E-state index contributed by atoms with van der Waals surface area (Å²) in [6.07, 6.45) is 0.198. The normalized spacial score (nSPS) is 18.7. The van der Waals surface area contributed by atoms with E-state index in [4.69, 9.17) is 26.5 Å². The van der Waals surface area contributed by atoms with Gasteiger partial charge in [0.05, 0.1) is 10.9 Å². The maximum absolute atomic E-state index is 13.1. The zero-order valence-electron chi connectivity index (χ0n) is 14.4. The Labute approximate surface area is 164 Å². The largest absolute Gasteiger partial charge is 0.469 e. The van der Waals surface area contributed by atoms with E-state index in [0.717, 1.165) is 0 Å². The number of carbonyl (C=O) groups is 1. The zero-order valence-corrected chi connectivity index (χ0v) is 15.1. The van der Waals surface area contributed by atoms with Crippen LogP contribution in [-0.2, 0) is 4.74 Å². The highest BCUT2D eigenvalue weighted by molar-refractivity contribution is 6.30. The molecule has 0 bridgehead atoms. The van der Waals surface area contributed by atoms with Gasteiger partial charge in [0.2, 0.25) is 0 Å². The maximum atomic E-state index is 13.1. The van der Waals surface area contributed by atoms with Crippen molar-refractivity contribution >= 4 is 28.4 Å². The van der Waals surface area contributed by atoms with E-state index in [0.29, 0.717) is 21.6 Å². The predicted octanol–water partition coefficient (Wildman–Crippen LogP) is 3.71. The smallest absolute Gasteiger partial charge is 0.199 e. The molecule has 2 heterocycles. The molecule has 0 radical (unpaired) electrons. The number of Topliss-reactive ketones (excluding diaryl/α,β-unsaturated/α-hetero) is 1. The predicted molar refractivity (Wildman–Crippen MR) is 102 cm³/mol. The molecule has 2 N–H and O–H groups in total. The van der Waals surface area contributed by atoms with E-state index in [1.54, 1.807) is 48.5 Å². The minimum atomic E-state index is -1.06. The first-order chi connectivity index (χ1) is 13.5. The lowest BCUT2D eigenvalue weighted by Gasteiger charge is -2.18. The van der Waals surface area contributed by atoms with Gasteiger partial charge in [-0.05, 0) is 36.4 Å². The van der Waals surface area contributed by atoms with Crippen LogP contribution in [0.2, 0.25) is 5.02 Å². The van der Waals surface area contributed by atoms with Gasteiger partial charge in [0, 0.05) is 10.6 Å². The molecule has 138 valence electrons. The van der Waals surface area contributed by atoms with Crippen molar-refractivity contribution in [2.24, 2.45) is 11.7 Å². The van der Waals surface area contributed by atoms with Crippen LogP contribution in [0.4, 0.5) is 0 Å². The van der Waals surface area contributed by atoms with Gasteiger partial charge in [0.15, 0.2) is 17.1 Å². The molecule has 0 fully saturated rings. The molecule has 0 saturated carbocycles. The van der Waals surface area contributed by atoms with Crippen LogP contribution in [0.3, 0.4) is 0 Å². The Bertz CT molecular complexity index is 1220. The van der Waals surface area contributed by atoms with E-state index in [9.17, 15) is 14.9 Å². The summed E-state index contributed by atoms with van der Waals surface area (Å²) in [5.41, 5.74) is 6.35. The summed E-state index contributed by atoms with van der Waals surface area (Å²) >= 11 is 5.88. The van der Waals surface area contributed by atoms with Crippen LogP contribution < -0.4 is 11.2 Å². The SMILES string of the molecule is N#CC1=C(N)O[C@H](c2coc3ccccc3c2=O)[C@@H]1C(=O)c1ccc(Cl)cc1. The maximum Gasteiger partial charge on any atom is 0.199 e. The average Bonchev–Trinajstić information content (AvgIpc) is 3.04. The van der Waals surface area contributed by atoms with Crippen molar-refractivity contribution in [1.29, 1.82) is 5.26 Å². The summed E-state index contributed by atoms with van der Waals surface area (Å²) in [5.74, 6) is -1.63. The number of benzene rings is 2. The number of ketones is 1. The summed E-state index contributed by atoms with van der Waals surface area (Å²) in [5, 5.41) is 10.3. The summed E-state index contributed by atoms with van der Waals surface area (Å²) < 4.78 is 11.1. The van der Waals surface area contributed by atoms with E-state index >= 15 is 0 Å². The summed E-state index contributed by atoms with van der Waals surface area (Å²) in [6, 6.07) is 14.9. The van der Waals surface area contributed by atoms with Gasteiger partial charge in [-0.1, -0.05) is 23.7 Å². The second-order valence-electron chi connectivity index (χ2n) is 6.29. The lowest BCUT2D eigenvalue weighted by atomic mass is 9.85. The first-order valence-corrected chi connectivity index (χ1v) is 8.75. The monoisotopic (exact) mass is 392 g/mol. The number of para-hydroxylation sites is 1. The fraction of sp³-hybridized carbons (Fsp3) is 0.0952. The van der Waals surface area contributed by atoms with Gasteiger partial charge >= 0.3 is 0 Å². The quantitative estimate of drug-likeness (QED) is 0.681. The number of rotatable bonds is 3. The summed E-state index contributed by atoms with van der Waals surface area (Å²) in [6.45, 7) is 0. The number of ether oxygens (including phenoxy) is 1. The van der Waals surface area contributed by atoms with Crippen molar-refractivity contribution in [3.63, 3.8) is 0 Å². The molecule has 7 heteroatoms. The number of nitrogens with two attached hydrogens (primary N) is 1. The Morgan fingerprint density at radius 2 is 1.86 bits per heavy atom. The van der Waals surface area contributed by atoms with Crippen molar-refractivity contribution in [2.75, 3.05) is 0 Å². The van der Waals surface area contributed by atoms with E-state index < -0.39 is 17.8 Å². The van der Waals surface area contributed by atoms with Crippen LogP contribution in [0.25, 0.3) is 11.0 Å². The highest BCUT2D eigenvalue weighted by atomic mass is 35.5. The Morgan fingerprint density at radius 1 is 1.14 bits per heavy atom. The van der Waals surface area contributed by atoms with Crippen LogP contribution in [0.15, 0.2) is 75.5 Å². The van der Waals surface area contributed by atoms with Crippen molar-refractivity contribution in [2.45, 2.75) is 6.10 Å². The third-order valence-electron chi connectivity index (χ3n) is 4.68. The van der Waals surface area contributed by atoms with Crippen molar-refractivity contribution in [3.05, 3.63) is 92.6 Å². The minimum Gasteiger partial charge on any atom is -0.469 e. The average molecular weight is 393 g/mol. The molecule has 4 rings (SSSR count). The fourth-order valence-electron chi connectivity index (χ4n) is 3.29. The topological polar surface area (TPSA) is 106 Å². The number of nitrogens with zero attached hydrogens (tertiary/aromatic N) is 1. The van der Waals surface area contributed by atoms with Crippen molar-refractivity contribution < 1.29 is 13.9 Å². The minimum absolute atomic E-state index is 0.0162. The Kier molecular flexibility index (Phi) is 4.38. The highest BCUT2D eigenvalue weighted by Crippen LogP contribution is 2.40. The van der Waals surface area contributed by atoms with E-state index in [1.807, 2.05) is 6.07 Å². The van der Waals surface area contributed by atoms with E-state index in [2.05, 4.69) is 0 Å². The molecule has 1 aromatic heterocycles. The molecule has 0 amide bonds. The van der Waals surface area contributed by atoms with Gasteiger partial charge in [-0.3, -0.25) is 9.59 Å². The molecule has 6 nitrogen and oxygen atoms in total. The zero-order chi connectivity index (χ0) is 19.8. The van der Waals surface area contributed by atoms with Crippen LogP contribution in [0.5, 0.6) is 0 Å². The Hall–Kier alpha value is -3.56. The first-order valence-electron chi connectivity index (χ1n) is 8.38. The second kappa shape index (κ2) is 6.87. The second-order valence-corrected chi connectivity index (χ2v) is 6.73. The number of nitriles is 1. The van der Waals surface area contributed by atoms with Crippen LogP contribution in [0.1, 0.15) is 22.0 Å². The third kappa shape index (κ3) is 2.82. The highest BCUT2D eigenvalue weighted by Gasteiger charge is 2.44. The Morgan fingerprint density at radius 3 is 2.57 bits per heavy atom. The van der Waals surface area contributed by atoms with Gasteiger partial charge < -0.3 is 14.9 Å². The number of halogens is 1. The molecule has 28 heavy (non-hydrogen) atoms. The van der Waals surface area contributed by atoms with Gasteiger partial charge in [0.25, 0.3) is 0 Å². The molecule has 1 aliphatic rings. The van der Waals surface area contributed by atoms with Crippen LogP contribution in [-0.4, -0.2) is 5.78 Å². The molecular formula is C21H13ClN2O4. The number of hydrogen-bond acceptors (Lipinski definition) is 6. The van der Waals surface area contributed by atoms with Gasteiger partial charge in [-0.2, -0.15) is 5.26 Å². The van der Waals surface area contributed by atoms with Gasteiger partial charge in [-0.25, -0.2) is 0 Å². The lowest BCUT2D eigenvalue weighted by molar-refractivity contribution is 0.0742. The van der Waals surface area contributed by atoms with E-state index in [-0.39, 0.29) is 22.4 Å². The number of carbonyl (C=O) groups excluding carboxylic acids is 1. The number of hydrogen-bond donors (Lipinski definition) is 1. The van der Waals surface area contributed by atoms with E-state index in [1.165, 1.54) is 6.26 Å². The van der Waals surface area contributed by atoms with Crippen molar-refractivity contribution in [3.8, 4) is 6.07 Å². The van der Waals surface area contributed by atoms with Crippen molar-refractivity contribution in [1.82, 2.24) is 0 Å². The van der Waals surface area contributed by atoms with Crippen LogP contribution in [0, 0.1) is 17.2 Å². The first kappa shape index (κ1) is 17.8.